The summed E-state index contributed by atoms with van der Waals surface area (Å²) < 4.78 is 19.1. The van der Waals surface area contributed by atoms with Crippen LogP contribution < -0.4 is 14.8 Å². The molecular formula is C31H31ClN4O4S. The average Bonchev–Trinajstić information content (AvgIpc) is 3.37. The monoisotopic (exact) mass is 590 g/mol. The number of nitrogens with zero attached hydrogens (tertiary/aromatic N) is 3. The zero-order valence-electron chi connectivity index (χ0n) is 23.3. The van der Waals surface area contributed by atoms with E-state index in [1.807, 2.05) is 93.6 Å². The largest absolute Gasteiger partial charge is 0.493 e. The molecule has 1 unspecified atom stereocenters. The average molecular weight is 591 g/mol. The Kier molecular flexibility index (Phi) is 8.85. The fraction of sp³-hybridized carbons (Fsp3) is 0.258. The summed E-state index contributed by atoms with van der Waals surface area (Å²) in [7, 11) is 1.59. The van der Waals surface area contributed by atoms with E-state index in [1.54, 1.807) is 11.8 Å². The summed E-state index contributed by atoms with van der Waals surface area (Å²) in [6, 6.07) is 22.6. The van der Waals surface area contributed by atoms with Crippen LogP contribution in [0.25, 0.3) is 0 Å². The third-order valence-corrected chi connectivity index (χ3v) is 7.71. The minimum Gasteiger partial charge on any atom is -0.493 e. The first-order chi connectivity index (χ1) is 19.8. The highest BCUT2D eigenvalue weighted by Crippen LogP contribution is 2.40. The Hall–Kier alpha value is -3.95. The lowest BCUT2D eigenvalue weighted by Gasteiger charge is -2.29. The van der Waals surface area contributed by atoms with E-state index in [4.69, 9.17) is 35.9 Å². The maximum atomic E-state index is 13.4. The van der Waals surface area contributed by atoms with Crippen LogP contribution in [0.2, 0.25) is 5.02 Å². The van der Waals surface area contributed by atoms with Gasteiger partial charge in [0, 0.05) is 16.5 Å². The zero-order chi connectivity index (χ0) is 28.9. The van der Waals surface area contributed by atoms with Gasteiger partial charge in [0.15, 0.2) is 11.5 Å². The van der Waals surface area contributed by atoms with E-state index in [0.29, 0.717) is 51.3 Å². The Morgan fingerprint density at radius 3 is 2.56 bits per heavy atom. The summed E-state index contributed by atoms with van der Waals surface area (Å²) in [5.74, 6) is 1.84. The van der Waals surface area contributed by atoms with E-state index in [-0.39, 0.29) is 6.10 Å². The van der Waals surface area contributed by atoms with E-state index in [2.05, 4.69) is 5.32 Å². The van der Waals surface area contributed by atoms with Crippen LogP contribution in [0.3, 0.4) is 0 Å². The molecule has 2 heterocycles. The quantitative estimate of drug-likeness (QED) is 0.155. The van der Waals surface area contributed by atoms with Crippen LogP contribution in [0, 0.1) is 0 Å². The van der Waals surface area contributed by atoms with Crippen LogP contribution in [-0.4, -0.2) is 33.9 Å². The Balaban J connectivity index is 1.49. The van der Waals surface area contributed by atoms with Crippen molar-refractivity contribution in [1.29, 1.82) is 0 Å². The fourth-order valence-corrected chi connectivity index (χ4v) is 5.62. The molecule has 0 fully saturated rings. The van der Waals surface area contributed by atoms with Crippen LogP contribution in [0.4, 0.5) is 5.95 Å². The first kappa shape index (κ1) is 28.6. The minimum absolute atomic E-state index is 0.286. The number of nitrogens with one attached hydrogen (secondary N) is 1. The first-order valence-electron chi connectivity index (χ1n) is 13.2. The van der Waals surface area contributed by atoms with Gasteiger partial charge in [-0.1, -0.05) is 78.0 Å². The molecule has 0 amide bonds. The highest BCUT2D eigenvalue weighted by atomic mass is 35.5. The van der Waals surface area contributed by atoms with Crippen LogP contribution in [0.1, 0.15) is 43.5 Å². The lowest BCUT2D eigenvalue weighted by atomic mass is 9.95. The predicted molar refractivity (Wildman–Crippen MR) is 160 cm³/mol. The van der Waals surface area contributed by atoms with Gasteiger partial charge < -0.3 is 19.5 Å². The molecule has 41 heavy (non-hydrogen) atoms. The number of halogens is 1. The molecule has 5 rings (SSSR count). The first-order valence-corrected chi connectivity index (χ1v) is 14.6. The number of ether oxygens (including phenoxy) is 3. The third-order valence-electron chi connectivity index (χ3n) is 6.45. The van der Waals surface area contributed by atoms with Crippen LogP contribution >= 0.6 is 23.4 Å². The molecule has 1 N–H and O–H groups in total. The van der Waals surface area contributed by atoms with Crippen molar-refractivity contribution in [3.8, 4) is 11.5 Å². The zero-order valence-corrected chi connectivity index (χ0v) is 24.8. The molecule has 8 nitrogen and oxygen atoms in total. The Morgan fingerprint density at radius 2 is 1.83 bits per heavy atom. The van der Waals surface area contributed by atoms with Crippen molar-refractivity contribution in [2.75, 3.05) is 12.4 Å². The number of thioether (sulfide) groups is 1. The van der Waals surface area contributed by atoms with Gasteiger partial charge in [-0.3, -0.25) is 0 Å². The summed E-state index contributed by atoms with van der Waals surface area (Å²) in [5, 5.41) is 9.29. The van der Waals surface area contributed by atoms with Crippen molar-refractivity contribution in [3.05, 3.63) is 106 Å². The number of allylic oxidation sites excluding steroid dienone is 1. The van der Waals surface area contributed by atoms with Gasteiger partial charge in [0.1, 0.15) is 12.6 Å². The van der Waals surface area contributed by atoms with E-state index >= 15 is 0 Å². The number of benzene rings is 3. The molecule has 10 heteroatoms. The normalized spacial score (nSPS) is 14.4. The lowest BCUT2D eigenvalue weighted by molar-refractivity contribution is -0.143. The van der Waals surface area contributed by atoms with Crippen molar-refractivity contribution in [2.45, 2.75) is 50.4 Å². The maximum absolute atomic E-state index is 13.4. The molecule has 0 aliphatic carbocycles. The lowest BCUT2D eigenvalue weighted by Crippen LogP contribution is -2.30. The van der Waals surface area contributed by atoms with Gasteiger partial charge in [0.25, 0.3) is 0 Å². The summed E-state index contributed by atoms with van der Waals surface area (Å²) in [6.07, 6.45) is -0.286. The summed E-state index contributed by atoms with van der Waals surface area (Å²) in [5.41, 5.74) is 3.90. The van der Waals surface area contributed by atoms with E-state index in [9.17, 15) is 4.79 Å². The second kappa shape index (κ2) is 12.7. The van der Waals surface area contributed by atoms with Crippen molar-refractivity contribution in [3.63, 3.8) is 0 Å². The molecule has 0 spiro atoms. The second-order valence-corrected chi connectivity index (χ2v) is 11.1. The number of hydrogen-bond acceptors (Lipinski definition) is 8. The van der Waals surface area contributed by atoms with Crippen molar-refractivity contribution < 1.29 is 19.0 Å². The molecule has 212 valence electrons. The molecular weight excluding hydrogens is 560 g/mol. The smallest absolute Gasteiger partial charge is 0.338 e. The van der Waals surface area contributed by atoms with Gasteiger partial charge in [0.2, 0.25) is 11.1 Å². The predicted octanol–water partition coefficient (Wildman–Crippen LogP) is 7.05. The maximum Gasteiger partial charge on any atom is 0.338 e. The second-order valence-electron chi connectivity index (χ2n) is 9.75. The molecule has 0 radical (unpaired) electrons. The van der Waals surface area contributed by atoms with Crippen LogP contribution in [0.5, 0.6) is 11.5 Å². The number of esters is 1. The standard InChI is InChI=1S/C31H31ClN4O4S/c1-19(2)40-29(37)27-20(3)33-30-34-31(41-18-23-12-8-9-13-24(23)32)35-36(30)28(27)22-14-15-25(26(16-22)38-4)39-17-21-10-6-5-7-11-21/h5-16,19,28H,17-18H2,1-4H3,(H,33,34,35). The number of anilines is 1. The highest BCUT2D eigenvalue weighted by molar-refractivity contribution is 7.98. The van der Waals surface area contributed by atoms with Gasteiger partial charge in [0.05, 0.1) is 18.8 Å². The van der Waals surface area contributed by atoms with Crippen LogP contribution in [-0.2, 0) is 21.9 Å². The molecule has 3 aromatic carbocycles. The number of methoxy groups -OCH3 is 1. The van der Waals surface area contributed by atoms with Crippen LogP contribution in [0.15, 0.2) is 89.2 Å². The molecule has 1 aliphatic heterocycles. The summed E-state index contributed by atoms with van der Waals surface area (Å²) in [6.45, 7) is 5.89. The van der Waals surface area contributed by atoms with E-state index in [0.717, 1.165) is 16.7 Å². The molecule has 0 bridgehead atoms. The van der Waals surface area contributed by atoms with Gasteiger partial charge in [-0.15, -0.1) is 5.10 Å². The van der Waals surface area contributed by atoms with Gasteiger partial charge >= 0.3 is 5.97 Å². The number of hydrogen-bond donors (Lipinski definition) is 1. The number of carbonyl (C=O) groups excluding carboxylic acids is 1. The van der Waals surface area contributed by atoms with Gasteiger partial charge in [-0.25, -0.2) is 9.48 Å². The number of aromatic nitrogens is 3. The molecule has 1 aromatic heterocycles. The number of rotatable bonds is 10. The highest BCUT2D eigenvalue weighted by Gasteiger charge is 2.36. The Labute approximate surface area is 248 Å². The van der Waals surface area contributed by atoms with Crippen molar-refractivity contribution in [1.82, 2.24) is 14.8 Å². The molecule has 0 saturated heterocycles. The number of carbonyl (C=O) groups is 1. The minimum atomic E-state index is -0.600. The topological polar surface area (TPSA) is 87.5 Å². The van der Waals surface area contributed by atoms with Gasteiger partial charge in [-0.2, -0.15) is 4.98 Å². The SMILES string of the molecule is COc1cc(C2C(C(=O)OC(C)C)=C(C)Nc3nc(SCc4ccccc4Cl)nn32)ccc1OCc1ccccc1. The molecule has 1 atom stereocenters. The van der Waals surface area contributed by atoms with Crippen molar-refractivity contribution in [2.24, 2.45) is 0 Å². The fourth-order valence-electron chi connectivity index (χ4n) is 4.51. The van der Waals surface area contributed by atoms with E-state index < -0.39 is 12.0 Å². The summed E-state index contributed by atoms with van der Waals surface area (Å²) in [4.78, 5) is 18.1. The molecule has 4 aromatic rings. The van der Waals surface area contributed by atoms with Crippen molar-refractivity contribution >= 4 is 35.3 Å². The molecule has 0 saturated carbocycles. The summed E-state index contributed by atoms with van der Waals surface area (Å²) >= 11 is 7.82. The Morgan fingerprint density at radius 1 is 1.07 bits per heavy atom. The third kappa shape index (κ3) is 6.52. The van der Waals surface area contributed by atoms with E-state index in [1.165, 1.54) is 11.8 Å². The Bertz CT molecular complexity index is 1570. The molecule has 1 aliphatic rings. The number of fused-ring (bicyclic) bond motifs is 1. The van der Waals surface area contributed by atoms with Gasteiger partial charge in [-0.05, 0) is 55.7 Å².